The van der Waals surface area contributed by atoms with Gasteiger partial charge < -0.3 is 21.1 Å². The van der Waals surface area contributed by atoms with Crippen LogP contribution in [0.2, 0.25) is 0 Å². The van der Waals surface area contributed by atoms with Gasteiger partial charge in [0.1, 0.15) is 22.9 Å². The van der Waals surface area contributed by atoms with Crippen molar-refractivity contribution in [3.8, 4) is 5.75 Å². The van der Waals surface area contributed by atoms with E-state index in [1.165, 1.54) is 19.1 Å². The number of halogens is 2. The molecule has 4 aromatic rings. The van der Waals surface area contributed by atoms with Crippen molar-refractivity contribution >= 4 is 40.3 Å². The number of anilines is 4. The number of carbonyl (C=O) groups excluding carboxylic acids is 1. The predicted molar refractivity (Wildman–Crippen MR) is 131 cm³/mol. The number of rotatable bonds is 6. The van der Waals surface area contributed by atoms with Crippen LogP contribution in [0.5, 0.6) is 5.75 Å². The van der Waals surface area contributed by atoms with Crippen molar-refractivity contribution in [3.05, 3.63) is 60.3 Å². The highest BCUT2D eigenvalue weighted by Crippen LogP contribution is 2.35. The minimum absolute atomic E-state index is 0.0116. The highest BCUT2D eigenvalue weighted by atomic mass is 19.1. The normalized spacial score (nSPS) is 17.6. The van der Waals surface area contributed by atoms with Crippen LogP contribution in [0.3, 0.4) is 0 Å². The maximum absolute atomic E-state index is 14.4. The number of benzene rings is 2. The Balaban J connectivity index is 1.50. The van der Waals surface area contributed by atoms with Gasteiger partial charge in [-0.2, -0.15) is 4.98 Å². The van der Waals surface area contributed by atoms with Crippen molar-refractivity contribution in [2.24, 2.45) is 0 Å². The molecular weight excluding hydrogens is 468 g/mol. The molecule has 0 radical (unpaired) electrons. The zero-order valence-electron chi connectivity index (χ0n) is 19.5. The lowest BCUT2D eigenvalue weighted by Crippen LogP contribution is -2.36. The Kier molecular flexibility index (Phi) is 6.36. The van der Waals surface area contributed by atoms with Gasteiger partial charge in [-0.25, -0.2) is 18.7 Å². The molecule has 1 aliphatic carbocycles. The summed E-state index contributed by atoms with van der Waals surface area (Å²) >= 11 is 0. The zero-order chi connectivity index (χ0) is 25.2. The minimum atomic E-state index is -0.733. The van der Waals surface area contributed by atoms with Crippen LogP contribution in [-0.4, -0.2) is 36.6 Å². The summed E-state index contributed by atoms with van der Waals surface area (Å²) in [7, 11) is 0. The maximum Gasteiger partial charge on any atom is 0.229 e. The zero-order valence-corrected chi connectivity index (χ0v) is 19.5. The summed E-state index contributed by atoms with van der Waals surface area (Å²) in [6.07, 6.45) is 4.63. The SMILES string of the molecule is CC(=O)NC1CCC(n2c(Nc3ccc(F)cc3F)nc3cnc(Nc4ccc(O)cc4)nc32)CC1. The van der Waals surface area contributed by atoms with Crippen LogP contribution in [0.4, 0.5) is 32.1 Å². The van der Waals surface area contributed by atoms with Gasteiger partial charge in [0.15, 0.2) is 5.65 Å². The Morgan fingerprint density at radius 2 is 1.78 bits per heavy atom. The molecule has 2 aromatic heterocycles. The molecule has 186 valence electrons. The lowest BCUT2D eigenvalue weighted by atomic mass is 9.91. The quantitative estimate of drug-likeness (QED) is 0.282. The number of aromatic nitrogens is 4. The Bertz CT molecular complexity index is 1400. The number of aromatic hydroxyl groups is 1. The molecule has 1 aliphatic rings. The maximum atomic E-state index is 14.4. The molecule has 0 atom stereocenters. The fourth-order valence-electron chi connectivity index (χ4n) is 4.54. The topological polar surface area (TPSA) is 117 Å². The molecule has 0 bridgehead atoms. The van der Waals surface area contributed by atoms with E-state index in [4.69, 9.17) is 0 Å². The van der Waals surface area contributed by atoms with E-state index < -0.39 is 11.6 Å². The number of imidazole rings is 1. The summed E-state index contributed by atoms with van der Waals surface area (Å²) in [5.74, 6) is -0.607. The van der Waals surface area contributed by atoms with Gasteiger partial charge in [0, 0.05) is 30.8 Å². The first-order valence-electron chi connectivity index (χ1n) is 11.7. The van der Waals surface area contributed by atoms with Crippen LogP contribution >= 0.6 is 0 Å². The smallest absolute Gasteiger partial charge is 0.229 e. The Morgan fingerprint density at radius 3 is 2.47 bits per heavy atom. The van der Waals surface area contributed by atoms with E-state index in [9.17, 15) is 18.7 Å². The first-order chi connectivity index (χ1) is 17.4. The number of hydrogen-bond donors (Lipinski definition) is 4. The van der Waals surface area contributed by atoms with Gasteiger partial charge in [0.05, 0.1) is 11.9 Å². The van der Waals surface area contributed by atoms with Crippen LogP contribution in [0.1, 0.15) is 38.6 Å². The van der Waals surface area contributed by atoms with Gasteiger partial charge in [-0.15, -0.1) is 0 Å². The van der Waals surface area contributed by atoms with Gasteiger partial charge in [0.25, 0.3) is 0 Å². The molecule has 2 aromatic carbocycles. The number of phenols is 1. The Labute approximate surface area is 205 Å². The fraction of sp³-hybridized carbons (Fsp3) is 0.280. The Hall–Kier alpha value is -4.28. The molecule has 9 nitrogen and oxygen atoms in total. The second-order valence-electron chi connectivity index (χ2n) is 8.83. The largest absolute Gasteiger partial charge is 0.508 e. The molecule has 0 saturated heterocycles. The first kappa shape index (κ1) is 23.5. The predicted octanol–water partition coefficient (Wildman–Crippen LogP) is 4.92. The standard InChI is InChI=1S/C25H25F2N7O2/c1-14(35)29-16-3-7-18(8-4-16)34-23-22(32-25(34)31-21-11-2-15(26)12-20(21)27)13-28-24(33-23)30-17-5-9-19(36)10-6-17/h2,5-6,9-13,16,18,36H,3-4,7-8H2,1H3,(H,29,35)(H,31,32)(H,28,30,33). The molecular formula is C25H25F2N7O2. The van der Waals surface area contributed by atoms with Crippen LogP contribution in [-0.2, 0) is 4.79 Å². The summed E-state index contributed by atoms with van der Waals surface area (Å²) in [4.78, 5) is 25.1. The summed E-state index contributed by atoms with van der Waals surface area (Å²) in [5.41, 5.74) is 1.86. The molecule has 5 rings (SSSR count). The molecule has 0 unspecified atom stereocenters. The molecule has 0 spiro atoms. The average molecular weight is 494 g/mol. The van der Waals surface area contributed by atoms with Crippen LogP contribution in [0.15, 0.2) is 48.7 Å². The molecule has 1 saturated carbocycles. The third kappa shape index (κ3) is 5.04. The number of amides is 1. The minimum Gasteiger partial charge on any atom is -0.508 e. The van der Waals surface area contributed by atoms with Gasteiger partial charge in [-0.05, 0) is 62.1 Å². The molecule has 11 heteroatoms. The summed E-state index contributed by atoms with van der Waals surface area (Å²) < 4.78 is 29.8. The summed E-state index contributed by atoms with van der Waals surface area (Å²) in [6, 6.07) is 9.91. The van der Waals surface area contributed by atoms with E-state index in [1.54, 1.807) is 30.5 Å². The van der Waals surface area contributed by atoms with Crippen molar-refractivity contribution in [3.63, 3.8) is 0 Å². The van der Waals surface area contributed by atoms with Crippen molar-refractivity contribution in [1.29, 1.82) is 0 Å². The molecule has 4 N–H and O–H groups in total. The van der Waals surface area contributed by atoms with Crippen LogP contribution < -0.4 is 16.0 Å². The van der Waals surface area contributed by atoms with E-state index in [1.807, 2.05) is 4.57 Å². The van der Waals surface area contributed by atoms with Crippen molar-refractivity contribution in [2.45, 2.75) is 44.7 Å². The number of carbonyl (C=O) groups is 1. The fourth-order valence-corrected chi connectivity index (χ4v) is 4.54. The highest BCUT2D eigenvalue weighted by Gasteiger charge is 2.27. The molecule has 36 heavy (non-hydrogen) atoms. The van der Waals surface area contributed by atoms with Gasteiger partial charge in [0.2, 0.25) is 17.8 Å². The second-order valence-corrected chi connectivity index (χ2v) is 8.83. The van der Waals surface area contributed by atoms with Crippen molar-refractivity contribution < 1.29 is 18.7 Å². The Morgan fingerprint density at radius 1 is 1.03 bits per heavy atom. The van der Waals surface area contributed by atoms with E-state index in [2.05, 4.69) is 30.9 Å². The number of fused-ring (bicyclic) bond motifs is 1. The number of nitrogens with zero attached hydrogens (tertiary/aromatic N) is 4. The molecule has 2 heterocycles. The van der Waals surface area contributed by atoms with Crippen molar-refractivity contribution in [2.75, 3.05) is 10.6 Å². The average Bonchev–Trinajstić information content (AvgIpc) is 3.20. The third-order valence-corrected chi connectivity index (χ3v) is 6.20. The van der Waals surface area contributed by atoms with Crippen LogP contribution in [0, 0.1) is 11.6 Å². The number of hydrogen-bond acceptors (Lipinski definition) is 7. The second kappa shape index (κ2) is 9.76. The molecule has 1 fully saturated rings. The van der Waals surface area contributed by atoms with Crippen LogP contribution in [0.25, 0.3) is 11.2 Å². The summed E-state index contributed by atoms with van der Waals surface area (Å²) in [5, 5.41) is 18.6. The van der Waals surface area contributed by atoms with E-state index in [-0.39, 0.29) is 29.4 Å². The first-order valence-corrected chi connectivity index (χ1v) is 11.7. The molecule has 0 aliphatic heterocycles. The lowest BCUT2D eigenvalue weighted by molar-refractivity contribution is -0.119. The number of phenolic OH excluding ortho intramolecular Hbond substituents is 1. The third-order valence-electron chi connectivity index (χ3n) is 6.20. The van der Waals surface area contributed by atoms with E-state index >= 15 is 0 Å². The van der Waals surface area contributed by atoms with Crippen molar-refractivity contribution in [1.82, 2.24) is 24.8 Å². The lowest BCUT2D eigenvalue weighted by Gasteiger charge is -2.30. The highest BCUT2D eigenvalue weighted by molar-refractivity contribution is 5.77. The summed E-state index contributed by atoms with van der Waals surface area (Å²) in [6.45, 7) is 1.51. The van der Waals surface area contributed by atoms with Gasteiger partial charge in [-0.1, -0.05) is 0 Å². The molecule has 1 amide bonds. The monoisotopic (exact) mass is 493 g/mol. The number of nitrogens with one attached hydrogen (secondary N) is 3. The van der Waals surface area contributed by atoms with E-state index in [0.717, 1.165) is 31.7 Å². The van der Waals surface area contributed by atoms with E-state index in [0.29, 0.717) is 28.7 Å². The van der Waals surface area contributed by atoms with Gasteiger partial charge in [-0.3, -0.25) is 9.36 Å². The van der Waals surface area contributed by atoms with Gasteiger partial charge >= 0.3 is 0 Å².